The first kappa shape index (κ1) is 23.5. The van der Waals surface area contributed by atoms with Gasteiger partial charge in [0.1, 0.15) is 0 Å². The molecule has 0 aromatic rings. The molecule has 0 saturated heterocycles. The molecule has 0 radical (unpaired) electrons. The summed E-state index contributed by atoms with van der Waals surface area (Å²) in [7, 11) is 0. The van der Waals surface area contributed by atoms with Crippen LogP contribution in [0.15, 0.2) is 47.6 Å². The standard InChI is InChI=1S/C28H44O2/c1-18(2)19(3)9-10-20(4)25-13-14-26-22(8-7-15-28(25,26)6)11-12-23-16-24(29)17-27(30)21(23)5/h9-12,18-20,24-27,29-30H,5,7-8,13-17H2,1-4,6H3/b10-9+,22-11-,23-12-/t19-,20+,24-,25-,26-,27+,28+/m1/s1. The Kier molecular flexibility index (Phi) is 7.51. The van der Waals surface area contributed by atoms with Crippen molar-refractivity contribution in [2.75, 3.05) is 0 Å². The summed E-state index contributed by atoms with van der Waals surface area (Å²) in [6, 6.07) is 0. The van der Waals surface area contributed by atoms with Gasteiger partial charge in [-0.25, -0.2) is 0 Å². The molecule has 0 amide bonds. The monoisotopic (exact) mass is 412 g/mol. The van der Waals surface area contributed by atoms with E-state index >= 15 is 0 Å². The maximum absolute atomic E-state index is 10.1. The lowest BCUT2D eigenvalue weighted by Gasteiger charge is -2.44. The van der Waals surface area contributed by atoms with Gasteiger partial charge in [-0.15, -0.1) is 0 Å². The van der Waals surface area contributed by atoms with Crippen molar-refractivity contribution in [1.29, 1.82) is 0 Å². The van der Waals surface area contributed by atoms with E-state index in [0.717, 1.165) is 17.1 Å². The van der Waals surface area contributed by atoms with E-state index in [-0.39, 0.29) is 0 Å². The van der Waals surface area contributed by atoms with E-state index in [9.17, 15) is 10.2 Å². The molecular formula is C28H44O2. The summed E-state index contributed by atoms with van der Waals surface area (Å²) >= 11 is 0. The number of aliphatic hydroxyl groups excluding tert-OH is 2. The Balaban J connectivity index is 1.76. The van der Waals surface area contributed by atoms with Crippen LogP contribution in [0.5, 0.6) is 0 Å². The minimum absolute atomic E-state index is 0.385. The van der Waals surface area contributed by atoms with E-state index in [0.29, 0.717) is 41.9 Å². The lowest BCUT2D eigenvalue weighted by atomic mass is 9.61. The van der Waals surface area contributed by atoms with E-state index in [1.807, 2.05) is 0 Å². The normalized spacial score (nSPS) is 39.8. The van der Waals surface area contributed by atoms with Gasteiger partial charge in [0.15, 0.2) is 0 Å². The highest BCUT2D eigenvalue weighted by atomic mass is 16.3. The smallest absolute Gasteiger partial charge is 0.0811 e. The van der Waals surface area contributed by atoms with E-state index in [4.69, 9.17) is 0 Å². The minimum Gasteiger partial charge on any atom is -0.393 e. The predicted octanol–water partition coefficient (Wildman–Crippen LogP) is 6.61. The van der Waals surface area contributed by atoms with Crippen LogP contribution in [0.3, 0.4) is 0 Å². The highest BCUT2D eigenvalue weighted by Crippen LogP contribution is 2.59. The van der Waals surface area contributed by atoms with Gasteiger partial charge in [-0.1, -0.05) is 71.1 Å². The van der Waals surface area contributed by atoms with Crippen molar-refractivity contribution < 1.29 is 10.2 Å². The van der Waals surface area contributed by atoms with Crippen molar-refractivity contribution in [3.63, 3.8) is 0 Å². The van der Waals surface area contributed by atoms with Crippen LogP contribution in [0.1, 0.15) is 79.6 Å². The van der Waals surface area contributed by atoms with Gasteiger partial charge >= 0.3 is 0 Å². The third-order valence-electron chi connectivity index (χ3n) is 8.71. The molecule has 2 heteroatoms. The van der Waals surface area contributed by atoms with Gasteiger partial charge in [-0.2, -0.15) is 0 Å². The fraction of sp³-hybridized carbons (Fsp3) is 0.714. The lowest BCUT2D eigenvalue weighted by molar-refractivity contribution is 0.0862. The molecule has 0 aliphatic heterocycles. The summed E-state index contributed by atoms with van der Waals surface area (Å²) in [6.07, 6.45) is 15.8. The van der Waals surface area contributed by atoms with Crippen LogP contribution < -0.4 is 0 Å². The van der Waals surface area contributed by atoms with E-state index in [2.05, 4.69) is 65.5 Å². The van der Waals surface area contributed by atoms with Crippen molar-refractivity contribution in [2.24, 2.45) is 35.0 Å². The largest absolute Gasteiger partial charge is 0.393 e. The second-order valence-corrected chi connectivity index (χ2v) is 11.0. The highest BCUT2D eigenvalue weighted by Gasteiger charge is 2.50. The second kappa shape index (κ2) is 9.57. The van der Waals surface area contributed by atoms with Gasteiger partial charge in [0.05, 0.1) is 12.2 Å². The van der Waals surface area contributed by atoms with Crippen LogP contribution in [-0.2, 0) is 0 Å². The number of allylic oxidation sites excluding steroid dienone is 5. The van der Waals surface area contributed by atoms with Crippen LogP contribution in [-0.4, -0.2) is 22.4 Å². The van der Waals surface area contributed by atoms with Crippen LogP contribution >= 0.6 is 0 Å². The Morgan fingerprint density at radius 2 is 1.80 bits per heavy atom. The molecule has 0 aromatic carbocycles. The topological polar surface area (TPSA) is 40.5 Å². The molecule has 0 unspecified atom stereocenters. The van der Waals surface area contributed by atoms with Crippen LogP contribution in [0.25, 0.3) is 0 Å². The summed E-state index contributed by atoms with van der Waals surface area (Å²) in [5.74, 6) is 3.38. The van der Waals surface area contributed by atoms with Crippen molar-refractivity contribution in [1.82, 2.24) is 0 Å². The maximum Gasteiger partial charge on any atom is 0.0811 e. The van der Waals surface area contributed by atoms with Gasteiger partial charge in [-0.05, 0) is 84.7 Å². The Labute approximate surface area is 184 Å². The van der Waals surface area contributed by atoms with E-state index in [1.54, 1.807) is 5.57 Å². The summed E-state index contributed by atoms with van der Waals surface area (Å²) in [5.41, 5.74) is 3.77. The first-order valence-corrected chi connectivity index (χ1v) is 12.3. The van der Waals surface area contributed by atoms with E-state index in [1.165, 1.54) is 32.1 Å². The quantitative estimate of drug-likeness (QED) is 0.499. The van der Waals surface area contributed by atoms with E-state index < -0.39 is 12.2 Å². The molecule has 0 aromatic heterocycles. The molecule has 3 fully saturated rings. The minimum atomic E-state index is -0.605. The van der Waals surface area contributed by atoms with Gasteiger partial charge in [0, 0.05) is 6.42 Å². The van der Waals surface area contributed by atoms with Crippen molar-refractivity contribution in [2.45, 2.75) is 91.8 Å². The van der Waals surface area contributed by atoms with Crippen molar-refractivity contribution >= 4 is 0 Å². The number of hydrogen-bond donors (Lipinski definition) is 2. The summed E-state index contributed by atoms with van der Waals surface area (Å²) in [4.78, 5) is 0. The highest BCUT2D eigenvalue weighted by molar-refractivity contribution is 5.38. The van der Waals surface area contributed by atoms with Crippen molar-refractivity contribution in [3.05, 3.63) is 47.6 Å². The predicted molar refractivity (Wildman–Crippen MR) is 127 cm³/mol. The first-order valence-electron chi connectivity index (χ1n) is 12.3. The van der Waals surface area contributed by atoms with Gasteiger partial charge < -0.3 is 10.2 Å². The Bertz CT molecular complexity index is 712. The van der Waals surface area contributed by atoms with Crippen LogP contribution in [0.2, 0.25) is 0 Å². The molecule has 3 saturated carbocycles. The molecule has 2 nitrogen and oxygen atoms in total. The SMILES string of the molecule is C=C1/C(=C\C=C2\CCC[C@]3(C)[C@@H]2CC[C@@H]3[C@@H](C)/C=C/[C@@H](C)C(C)C)C[C@@H](O)C[C@@H]1O. The molecule has 3 aliphatic rings. The summed E-state index contributed by atoms with van der Waals surface area (Å²) < 4.78 is 0. The molecule has 3 rings (SSSR count). The average Bonchev–Trinajstić information content (AvgIpc) is 3.04. The zero-order valence-corrected chi connectivity index (χ0v) is 19.9. The summed E-state index contributed by atoms with van der Waals surface area (Å²) in [6.45, 7) is 16.0. The molecule has 7 atom stereocenters. The molecule has 168 valence electrons. The fourth-order valence-corrected chi connectivity index (χ4v) is 6.32. The molecule has 2 N–H and O–H groups in total. The Morgan fingerprint density at radius 1 is 1.07 bits per heavy atom. The number of hydrogen-bond acceptors (Lipinski definition) is 2. The number of aliphatic hydroxyl groups is 2. The van der Waals surface area contributed by atoms with Crippen LogP contribution in [0.4, 0.5) is 0 Å². The lowest BCUT2D eigenvalue weighted by Crippen LogP contribution is -2.35. The molecule has 30 heavy (non-hydrogen) atoms. The van der Waals surface area contributed by atoms with Gasteiger partial charge in [0.25, 0.3) is 0 Å². The number of fused-ring (bicyclic) bond motifs is 1. The average molecular weight is 413 g/mol. The Morgan fingerprint density at radius 3 is 2.50 bits per heavy atom. The molecular weight excluding hydrogens is 368 g/mol. The molecule has 0 heterocycles. The second-order valence-electron chi connectivity index (χ2n) is 11.0. The molecule has 0 bridgehead atoms. The molecule has 0 spiro atoms. The van der Waals surface area contributed by atoms with Crippen molar-refractivity contribution in [3.8, 4) is 0 Å². The fourth-order valence-electron chi connectivity index (χ4n) is 6.32. The number of rotatable bonds is 5. The third kappa shape index (κ3) is 4.86. The summed E-state index contributed by atoms with van der Waals surface area (Å²) in [5, 5.41) is 20.2. The third-order valence-corrected chi connectivity index (χ3v) is 8.71. The molecule has 3 aliphatic carbocycles. The van der Waals surface area contributed by atoms with Gasteiger partial charge in [-0.3, -0.25) is 0 Å². The zero-order valence-electron chi connectivity index (χ0n) is 19.9. The van der Waals surface area contributed by atoms with Gasteiger partial charge in [0.2, 0.25) is 0 Å². The zero-order chi connectivity index (χ0) is 22.1. The first-order chi connectivity index (χ1) is 14.1. The van der Waals surface area contributed by atoms with Crippen LogP contribution in [0, 0.1) is 35.0 Å². The maximum atomic E-state index is 10.1. The Hall–Kier alpha value is -1.12.